The summed E-state index contributed by atoms with van der Waals surface area (Å²) in [5.74, 6) is 0.436. The minimum atomic E-state index is -0.627. The smallest absolute Gasteiger partial charge is 0.412 e. The van der Waals surface area contributed by atoms with Crippen LogP contribution in [0.15, 0.2) is 12.4 Å². The molecule has 2 amide bonds. The number of hydrogen-bond acceptors (Lipinski definition) is 6. The van der Waals surface area contributed by atoms with Crippen LogP contribution in [0.25, 0.3) is 0 Å². The average molecular weight is 254 g/mol. The van der Waals surface area contributed by atoms with E-state index < -0.39 is 12.2 Å². The predicted molar refractivity (Wildman–Crippen MR) is 63.3 cm³/mol. The minimum Gasteiger partial charge on any atom is -0.450 e. The van der Waals surface area contributed by atoms with Crippen molar-refractivity contribution in [2.24, 2.45) is 0 Å². The van der Waals surface area contributed by atoms with E-state index in [0.717, 1.165) is 0 Å². The first-order valence-corrected chi connectivity index (χ1v) is 5.35. The lowest BCUT2D eigenvalue weighted by atomic mass is 10.5. The third-order valence-electron chi connectivity index (χ3n) is 1.68. The van der Waals surface area contributed by atoms with Crippen LogP contribution in [0.5, 0.6) is 0 Å². The summed E-state index contributed by atoms with van der Waals surface area (Å²) < 4.78 is 9.37. The molecule has 0 aliphatic heterocycles. The third kappa shape index (κ3) is 4.64. The molecule has 18 heavy (non-hydrogen) atoms. The monoisotopic (exact) mass is 254 g/mol. The van der Waals surface area contributed by atoms with Crippen LogP contribution < -0.4 is 10.6 Å². The number of ether oxygens (including phenoxy) is 2. The molecule has 8 nitrogen and oxygen atoms in total. The van der Waals surface area contributed by atoms with Gasteiger partial charge in [-0.2, -0.15) is 0 Å². The van der Waals surface area contributed by atoms with Gasteiger partial charge in [-0.05, 0) is 13.8 Å². The number of nitrogens with one attached hydrogen (secondary N) is 2. The highest BCUT2D eigenvalue weighted by Crippen LogP contribution is 2.09. The van der Waals surface area contributed by atoms with Crippen molar-refractivity contribution in [1.82, 2.24) is 9.97 Å². The molecular formula is C10H14N4O4. The van der Waals surface area contributed by atoms with Gasteiger partial charge in [0.05, 0.1) is 13.2 Å². The van der Waals surface area contributed by atoms with E-state index in [9.17, 15) is 9.59 Å². The molecule has 8 heteroatoms. The van der Waals surface area contributed by atoms with Gasteiger partial charge in [-0.25, -0.2) is 19.6 Å². The second-order valence-corrected chi connectivity index (χ2v) is 2.98. The number of hydrogen-bond donors (Lipinski definition) is 2. The van der Waals surface area contributed by atoms with Gasteiger partial charge in [0.1, 0.15) is 18.0 Å². The van der Waals surface area contributed by atoms with Crippen LogP contribution in [0, 0.1) is 0 Å². The number of nitrogens with zero attached hydrogens (tertiary/aromatic N) is 2. The lowest BCUT2D eigenvalue weighted by Crippen LogP contribution is -2.16. The highest BCUT2D eigenvalue weighted by molar-refractivity contribution is 5.86. The summed E-state index contributed by atoms with van der Waals surface area (Å²) in [6, 6.07) is 1.38. The molecule has 0 saturated heterocycles. The maximum Gasteiger partial charge on any atom is 0.412 e. The van der Waals surface area contributed by atoms with Gasteiger partial charge in [0.15, 0.2) is 0 Å². The Kier molecular flexibility index (Phi) is 5.36. The lowest BCUT2D eigenvalue weighted by Gasteiger charge is -2.06. The first-order valence-electron chi connectivity index (χ1n) is 5.35. The zero-order chi connectivity index (χ0) is 13.4. The molecular weight excluding hydrogens is 240 g/mol. The fraction of sp³-hybridized carbons (Fsp3) is 0.400. The maximum atomic E-state index is 11.1. The molecule has 0 aromatic carbocycles. The molecule has 0 aliphatic rings. The summed E-state index contributed by atoms with van der Waals surface area (Å²) in [4.78, 5) is 29.9. The molecule has 1 aromatic rings. The van der Waals surface area contributed by atoms with Crippen molar-refractivity contribution >= 4 is 23.8 Å². The Hall–Kier alpha value is -2.38. The van der Waals surface area contributed by atoms with Gasteiger partial charge in [-0.3, -0.25) is 10.6 Å². The summed E-state index contributed by atoms with van der Waals surface area (Å²) in [6.45, 7) is 3.89. The van der Waals surface area contributed by atoms with Gasteiger partial charge in [0, 0.05) is 6.07 Å². The topological polar surface area (TPSA) is 102 Å². The van der Waals surface area contributed by atoms with E-state index in [0.29, 0.717) is 0 Å². The SMILES string of the molecule is CCOC(=O)Nc1cc(NC(=O)OCC)ncn1. The van der Waals surface area contributed by atoms with Gasteiger partial charge < -0.3 is 9.47 Å². The summed E-state index contributed by atoms with van der Waals surface area (Å²) in [7, 11) is 0. The van der Waals surface area contributed by atoms with Crippen LogP contribution in [0.3, 0.4) is 0 Å². The Balaban J connectivity index is 2.61. The van der Waals surface area contributed by atoms with E-state index >= 15 is 0 Å². The van der Waals surface area contributed by atoms with Crippen molar-refractivity contribution in [3.63, 3.8) is 0 Å². The van der Waals surface area contributed by atoms with Gasteiger partial charge in [0.2, 0.25) is 0 Å². The summed E-state index contributed by atoms with van der Waals surface area (Å²) in [6.07, 6.45) is -0.0556. The van der Waals surface area contributed by atoms with Crippen LogP contribution >= 0.6 is 0 Å². The van der Waals surface area contributed by atoms with Gasteiger partial charge >= 0.3 is 12.2 Å². The van der Waals surface area contributed by atoms with E-state index in [2.05, 4.69) is 30.1 Å². The predicted octanol–water partition coefficient (Wildman–Crippen LogP) is 1.61. The second-order valence-electron chi connectivity index (χ2n) is 2.98. The molecule has 0 atom stereocenters. The Morgan fingerprint density at radius 1 is 1.06 bits per heavy atom. The van der Waals surface area contributed by atoms with Crippen molar-refractivity contribution in [2.75, 3.05) is 23.8 Å². The van der Waals surface area contributed by atoms with Crippen molar-refractivity contribution < 1.29 is 19.1 Å². The molecule has 0 spiro atoms. The fourth-order valence-electron chi connectivity index (χ4n) is 1.04. The van der Waals surface area contributed by atoms with E-state index in [1.165, 1.54) is 12.4 Å². The number of rotatable bonds is 4. The minimum absolute atomic E-state index is 0.218. The zero-order valence-electron chi connectivity index (χ0n) is 10.1. The summed E-state index contributed by atoms with van der Waals surface area (Å²) >= 11 is 0. The molecule has 1 aromatic heterocycles. The zero-order valence-corrected chi connectivity index (χ0v) is 10.1. The number of aromatic nitrogens is 2. The lowest BCUT2D eigenvalue weighted by molar-refractivity contribution is 0.167. The van der Waals surface area contributed by atoms with Gasteiger partial charge in [0.25, 0.3) is 0 Å². The first kappa shape index (κ1) is 13.7. The Morgan fingerprint density at radius 3 is 1.89 bits per heavy atom. The largest absolute Gasteiger partial charge is 0.450 e. The fourth-order valence-corrected chi connectivity index (χ4v) is 1.04. The molecule has 98 valence electrons. The quantitative estimate of drug-likeness (QED) is 0.846. The normalized spacial score (nSPS) is 9.44. The molecule has 0 unspecified atom stereocenters. The molecule has 1 heterocycles. The third-order valence-corrected chi connectivity index (χ3v) is 1.68. The van der Waals surface area contributed by atoms with Crippen molar-refractivity contribution in [3.05, 3.63) is 12.4 Å². The summed E-state index contributed by atoms with van der Waals surface area (Å²) in [5, 5.41) is 4.77. The van der Waals surface area contributed by atoms with Crippen LogP contribution in [0.2, 0.25) is 0 Å². The average Bonchev–Trinajstić information content (AvgIpc) is 2.29. The van der Waals surface area contributed by atoms with Crippen molar-refractivity contribution in [3.8, 4) is 0 Å². The number of carbonyl (C=O) groups excluding carboxylic acids is 2. The molecule has 2 N–H and O–H groups in total. The van der Waals surface area contributed by atoms with E-state index in [4.69, 9.17) is 0 Å². The van der Waals surface area contributed by atoms with Gasteiger partial charge in [-0.1, -0.05) is 0 Å². The van der Waals surface area contributed by atoms with Crippen LogP contribution in [-0.2, 0) is 9.47 Å². The molecule has 0 bridgehead atoms. The molecule has 0 radical (unpaired) electrons. The summed E-state index contributed by atoms with van der Waals surface area (Å²) in [5.41, 5.74) is 0. The number of anilines is 2. The number of carbonyl (C=O) groups is 2. The highest BCUT2D eigenvalue weighted by Gasteiger charge is 2.07. The van der Waals surface area contributed by atoms with Crippen LogP contribution in [-0.4, -0.2) is 35.4 Å². The van der Waals surface area contributed by atoms with Crippen LogP contribution in [0.1, 0.15) is 13.8 Å². The second kappa shape index (κ2) is 7.05. The molecule has 0 saturated carbocycles. The maximum absolute atomic E-state index is 11.1. The molecule has 1 rings (SSSR count). The van der Waals surface area contributed by atoms with E-state index in [1.807, 2.05) is 0 Å². The highest BCUT2D eigenvalue weighted by atomic mass is 16.6. The van der Waals surface area contributed by atoms with Crippen LogP contribution in [0.4, 0.5) is 21.2 Å². The van der Waals surface area contributed by atoms with E-state index in [1.54, 1.807) is 13.8 Å². The molecule has 0 aliphatic carbocycles. The van der Waals surface area contributed by atoms with E-state index in [-0.39, 0.29) is 24.8 Å². The first-order chi connectivity index (χ1) is 8.65. The Labute approximate surface area is 104 Å². The van der Waals surface area contributed by atoms with Gasteiger partial charge in [-0.15, -0.1) is 0 Å². The van der Waals surface area contributed by atoms with Crippen molar-refractivity contribution in [1.29, 1.82) is 0 Å². The Bertz CT molecular complexity index is 389. The number of amides is 2. The molecule has 0 fully saturated rings. The van der Waals surface area contributed by atoms with Crippen molar-refractivity contribution in [2.45, 2.75) is 13.8 Å². The Morgan fingerprint density at radius 2 is 1.50 bits per heavy atom. The standard InChI is InChI=1S/C10H14N4O4/c1-3-17-9(15)13-7-5-8(12-6-11-7)14-10(16)18-4-2/h5-6H,3-4H2,1-2H3,(H2,11,12,13,14,15,16).